The summed E-state index contributed by atoms with van der Waals surface area (Å²) in [6.07, 6.45) is 0.827. The van der Waals surface area contributed by atoms with Crippen molar-refractivity contribution in [1.29, 1.82) is 0 Å². The lowest BCUT2D eigenvalue weighted by Gasteiger charge is -2.17. The van der Waals surface area contributed by atoms with Gasteiger partial charge in [-0.05, 0) is 71.7 Å². The topological polar surface area (TPSA) is 46.2 Å². The molecule has 0 saturated heterocycles. The van der Waals surface area contributed by atoms with Crippen molar-refractivity contribution in [3.05, 3.63) is 62.0 Å². The fourth-order valence-electron chi connectivity index (χ4n) is 2.59. The molecule has 1 saturated carbocycles. The molecule has 3 nitrogen and oxygen atoms in total. The van der Waals surface area contributed by atoms with Crippen molar-refractivity contribution >= 4 is 38.3 Å². The Labute approximate surface area is 157 Å². The Morgan fingerprint density at radius 2 is 1.84 bits per heavy atom. The largest absolute Gasteiger partial charge is 0.283 e. The zero-order valence-electron chi connectivity index (χ0n) is 13.2. The first-order chi connectivity index (χ1) is 11.7. The van der Waals surface area contributed by atoms with Crippen molar-refractivity contribution < 1.29 is 21.6 Å². The molecule has 0 spiro atoms. The summed E-state index contributed by atoms with van der Waals surface area (Å²) in [4.78, 5) is 0. The van der Waals surface area contributed by atoms with Crippen molar-refractivity contribution in [2.45, 2.75) is 31.4 Å². The molecule has 0 amide bonds. The average molecular weight is 481 g/mol. The summed E-state index contributed by atoms with van der Waals surface area (Å²) in [5.74, 6) is -2.81. The zero-order valence-corrected chi connectivity index (χ0v) is 16.2. The second-order valence-corrected chi connectivity index (χ2v) is 9.31. The smallest absolute Gasteiger partial charge is 0.235 e. The molecule has 1 fully saturated rings. The van der Waals surface area contributed by atoms with Crippen LogP contribution in [0, 0.1) is 27.9 Å². The van der Waals surface area contributed by atoms with Crippen molar-refractivity contribution in [3.63, 3.8) is 0 Å². The van der Waals surface area contributed by atoms with E-state index in [1.165, 1.54) is 19.1 Å². The predicted octanol–water partition coefficient (Wildman–Crippen LogP) is 4.51. The summed E-state index contributed by atoms with van der Waals surface area (Å²) in [6, 6.07) is 5.36. The van der Waals surface area contributed by atoms with Gasteiger partial charge in [0.2, 0.25) is 10.0 Å². The van der Waals surface area contributed by atoms with Gasteiger partial charge < -0.3 is 0 Å². The summed E-state index contributed by atoms with van der Waals surface area (Å²) >= 11 is 1.94. The van der Waals surface area contributed by atoms with E-state index in [4.69, 9.17) is 0 Å². The summed E-state index contributed by atoms with van der Waals surface area (Å²) in [5, 5.41) is -0.511. The van der Waals surface area contributed by atoms with Crippen LogP contribution in [0.4, 0.5) is 18.9 Å². The molecular weight excluding hydrogens is 466 g/mol. The van der Waals surface area contributed by atoms with E-state index in [0.29, 0.717) is 16.4 Å². The Balaban J connectivity index is 2.07. The van der Waals surface area contributed by atoms with Gasteiger partial charge in [-0.25, -0.2) is 21.6 Å². The van der Waals surface area contributed by atoms with E-state index < -0.39 is 32.7 Å². The number of anilines is 1. The number of benzene rings is 2. The highest BCUT2D eigenvalue weighted by atomic mass is 127. The molecule has 0 atom stereocenters. The van der Waals surface area contributed by atoms with E-state index in [9.17, 15) is 21.6 Å². The molecule has 0 aliphatic heterocycles. The number of hydrogen-bond acceptors (Lipinski definition) is 2. The Kier molecular flexibility index (Phi) is 5.02. The highest BCUT2D eigenvalue weighted by Crippen LogP contribution is 2.34. The second-order valence-electron chi connectivity index (χ2n) is 6.10. The summed E-state index contributed by atoms with van der Waals surface area (Å²) in [7, 11) is -3.66. The van der Waals surface area contributed by atoms with E-state index in [2.05, 4.69) is 4.72 Å². The van der Waals surface area contributed by atoms with Gasteiger partial charge in [0.15, 0.2) is 11.6 Å². The molecule has 2 aromatic rings. The molecule has 0 radical (unpaired) electrons. The standard InChI is InChI=1S/C17H15F3INO2S/c1-9-6-15(19)16(20)13(7-10-2-3-11(21)8-14(10)18)17(9)22-25(23,24)12-4-5-12/h2-3,6,8,12,22H,4-5,7H2,1H3. The summed E-state index contributed by atoms with van der Waals surface area (Å²) < 4.78 is 69.9. The molecule has 0 bridgehead atoms. The van der Waals surface area contributed by atoms with Crippen LogP contribution in [-0.2, 0) is 16.4 Å². The van der Waals surface area contributed by atoms with Crippen molar-refractivity contribution in [1.82, 2.24) is 0 Å². The number of rotatable bonds is 5. The van der Waals surface area contributed by atoms with Crippen LogP contribution in [0.25, 0.3) is 0 Å². The Bertz CT molecular complexity index is 943. The molecule has 0 heterocycles. The van der Waals surface area contributed by atoms with Gasteiger partial charge in [-0.1, -0.05) is 6.07 Å². The third-order valence-corrected chi connectivity index (χ3v) is 6.61. The predicted molar refractivity (Wildman–Crippen MR) is 98.6 cm³/mol. The maximum absolute atomic E-state index is 14.4. The maximum atomic E-state index is 14.4. The Morgan fingerprint density at radius 3 is 2.44 bits per heavy atom. The SMILES string of the molecule is Cc1cc(F)c(F)c(Cc2ccc(I)cc2F)c1NS(=O)(=O)C1CC1. The minimum absolute atomic E-state index is 0.0104. The Morgan fingerprint density at radius 1 is 1.16 bits per heavy atom. The van der Waals surface area contributed by atoms with Gasteiger partial charge in [0.05, 0.1) is 10.9 Å². The van der Waals surface area contributed by atoms with E-state index in [0.717, 1.165) is 6.07 Å². The quantitative estimate of drug-likeness (QED) is 0.639. The minimum atomic E-state index is -3.66. The monoisotopic (exact) mass is 481 g/mol. The Hall–Kier alpha value is -1.29. The zero-order chi connectivity index (χ0) is 18.4. The third-order valence-electron chi connectivity index (χ3n) is 4.10. The molecule has 2 aromatic carbocycles. The summed E-state index contributed by atoms with van der Waals surface area (Å²) in [5.41, 5.74) is 0.214. The molecule has 1 aliphatic rings. The van der Waals surface area contributed by atoms with Crippen LogP contribution in [0.3, 0.4) is 0 Å². The number of aryl methyl sites for hydroxylation is 1. The molecule has 25 heavy (non-hydrogen) atoms. The first-order valence-electron chi connectivity index (χ1n) is 7.62. The van der Waals surface area contributed by atoms with Crippen LogP contribution in [0.5, 0.6) is 0 Å². The molecule has 8 heteroatoms. The lowest BCUT2D eigenvalue weighted by Crippen LogP contribution is -2.20. The molecule has 1 aliphatic carbocycles. The van der Waals surface area contributed by atoms with E-state index >= 15 is 0 Å². The average Bonchev–Trinajstić information content (AvgIpc) is 3.35. The molecule has 3 rings (SSSR count). The van der Waals surface area contributed by atoms with Crippen molar-refractivity contribution in [3.8, 4) is 0 Å². The van der Waals surface area contributed by atoms with Crippen LogP contribution in [0.1, 0.15) is 29.5 Å². The highest BCUT2D eigenvalue weighted by molar-refractivity contribution is 14.1. The van der Waals surface area contributed by atoms with Crippen molar-refractivity contribution in [2.75, 3.05) is 4.72 Å². The van der Waals surface area contributed by atoms with Gasteiger partial charge in [0.25, 0.3) is 0 Å². The maximum Gasteiger partial charge on any atom is 0.235 e. The number of nitrogens with one attached hydrogen (secondary N) is 1. The number of sulfonamides is 1. The molecule has 134 valence electrons. The van der Waals surface area contributed by atoms with Crippen LogP contribution in [-0.4, -0.2) is 13.7 Å². The minimum Gasteiger partial charge on any atom is -0.283 e. The van der Waals surface area contributed by atoms with Gasteiger partial charge in [-0.15, -0.1) is 0 Å². The van der Waals surface area contributed by atoms with Gasteiger partial charge in [0.1, 0.15) is 5.82 Å². The van der Waals surface area contributed by atoms with Gasteiger partial charge in [-0.3, -0.25) is 4.72 Å². The van der Waals surface area contributed by atoms with E-state index in [1.54, 1.807) is 6.07 Å². The van der Waals surface area contributed by atoms with Gasteiger partial charge in [0, 0.05) is 15.6 Å². The fraction of sp³-hybridized carbons (Fsp3) is 0.294. The van der Waals surface area contributed by atoms with E-state index in [1.807, 2.05) is 22.6 Å². The molecule has 1 N–H and O–H groups in total. The fourth-order valence-corrected chi connectivity index (χ4v) is 4.53. The van der Waals surface area contributed by atoms with Gasteiger partial charge >= 0.3 is 0 Å². The van der Waals surface area contributed by atoms with Crippen LogP contribution < -0.4 is 4.72 Å². The van der Waals surface area contributed by atoms with Gasteiger partial charge in [-0.2, -0.15) is 0 Å². The van der Waals surface area contributed by atoms with Crippen LogP contribution in [0.15, 0.2) is 24.3 Å². The highest BCUT2D eigenvalue weighted by Gasteiger charge is 2.36. The first kappa shape index (κ1) is 18.5. The lowest BCUT2D eigenvalue weighted by atomic mass is 9.99. The molecule has 0 unspecified atom stereocenters. The first-order valence-corrected chi connectivity index (χ1v) is 10.2. The number of hydrogen-bond donors (Lipinski definition) is 1. The van der Waals surface area contributed by atoms with Crippen LogP contribution in [0.2, 0.25) is 0 Å². The second kappa shape index (κ2) is 6.79. The molecular formula is C17H15F3INO2S. The van der Waals surface area contributed by atoms with E-state index in [-0.39, 0.29) is 28.8 Å². The van der Waals surface area contributed by atoms with Crippen molar-refractivity contribution in [2.24, 2.45) is 0 Å². The third kappa shape index (κ3) is 3.94. The molecule has 0 aromatic heterocycles. The normalized spacial score (nSPS) is 14.6. The summed E-state index contributed by atoms with van der Waals surface area (Å²) in [6.45, 7) is 1.49. The lowest BCUT2D eigenvalue weighted by molar-refractivity contribution is 0.499. The van der Waals surface area contributed by atoms with Crippen LogP contribution >= 0.6 is 22.6 Å². The number of halogens is 4.